The monoisotopic (exact) mass is 485 g/mol. The van der Waals surface area contributed by atoms with Gasteiger partial charge in [0.1, 0.15) is 11.9 Å². The molecule has 0 saturated carbocycles. The zero-order chi connectivity index (χ0) is 25.8. The second-order valence-electron chi connectivity index (χ2n) is 9.25. The second kappa shape index (κ2) is 14.5. The fraction of sp³-hybridized carbons (Fsp3) is 0.481. The summed E-state index contributed by atoms with van der Waals surface area (Å²) >= 11 is 0. The third-order valence-corrected chi connectivity index (χ3v) is 6.40. The van der Waals surface area contributed by atoms with E-state index in [1.807, 2.05) is 0 Å². The SMILES string of the molecule is Cc1ccc(OC2CN(Cc3cc(C)cc(CN4CCN(C)CC4)c3C)C2)cc1.O=CO.O=CO. The van der Waals surface area contributed by atoms with E-state index in [1.54, 1.807) is 0 Å². The van der Waals surface area contributed by atoms with Gasteiger partial charge in [0, 0.05) is 52.4 Å². The smallest absolute Gasteiger partial charge is 0.290 e. The van der Waals surface area contributed by atoms with E-state index >= 15 is 0 Å². The Morgan fingerprint density at radius 3 is 1.83 bits per heavy atom. The molecule has 2 heterocycles. The number of rotatable bonds is 6. The van der Waals surface area contributed by atoms with Gasteiger partial charge in [0.15, 0.2) is 0 Å². The molecule has 35 heavy (non-hydrogen) atoms. The van der Waals surface area contributed by atoms with Gasteiger partial charge in [0.2, 0.25) is 0 Å². The third kappa shape index (κ3) is 9.32. The molecule has 0 atom stereocenters. The molecule has 2 aromatic rings. The van der Waals surface area contributed by atoms with Gasteiger partial charge >= 0.3 is 0 Å². The molecule has 0 aromatic heterocycles. The highest BCUT2D eigenvalue weighted by molar-refractivity contribution is 5.38. The second-order valence-corrected chi connectivity index (χ2v) is 9.25. The lowest BCUT2D eigenvalue weighted by Crippen LogP contribution is -2.53. The molecule has 2 aromatic carbocycles. The molecular weight excluding hydrogens is 446 g/mol. The molecule has 2 N–H and O–H groups in total. The number of nitrogens with zero attached hydrogens (tertiary/aromatic N) is 3. The Labute approximate surface area is 208 Å². The van der Waals surface area contributed by atoms with Crippen molar-refractivity contribution >= 4 is 12.9 Å². The van der Waals surface area contributed by atoms with Gasteiger partial charge in [0.25, 0.3) is 12.9 Å². The highest BCUT2D eigenvalue weighted by atomic mass is 16.5. The van der Waals surface area contributed by atoms with E-state index in [1.165, 1.54) is 54.0 Å². The van der Waals surface area contributed by atoms with Gasteiger partial charge < -0.3 is 19.8 Å². The largest absolute Gasteiger partial charge is 0.488 e. The van der Waals surface area contributed by atoms with Crippen molar-refractivity contribution in [3.8, 4) is 5.75 Å². The summed E-state index contributed by atoms with van der Waals surface area (Å²) < 4.78 is 6.11. The number of benzene rings is 2. The van der Waals surface area contributed by atoms with Crippen LogP contribution in [0.25, 0.3) is 0 Å². The summed E-state index contributed by atoms with van der Waals surface area (Å²) in [6, 6.07) is 13.1. The van der Waals surface area contributed by atoms with Crippen LogP contribution in [0, 0.1) is 20.8 Å². The van der Waals surface area contributed by atoms with Crippen molar-refractivity contribution in [2.45, 2.75) is 40.0 Å². The molecule has 8 nitrogen and oxygen atoms in total. The number of aryl methyl sites for hydroxylation is 2. The summed E-state index contributed by atoms with van der Waals surface area (Å²) in [6.45, 7) is 15.0. The first-order valence-corrected chi connectivity index (χ1v) is 11.9. The third-order valence-electron chi connectivity index (χ3n) is 6.40. The predicted octanol–water partition coefficient (Wildman–Crippen LogP) is 3.02. The molecule has 8 heteroatoms. The number of carbonyl (C=O) groups is 2. The highest BCUT2D eigenvalue weighted by Gasteiger charge is 2.29. The Hall–Kier alpha value is -2.94. The average Bonchev–Trinajstić information content (AvgIpc) is 2.79. The molecule has 4 rings (SSSR count). The van der Waals surface area contributed by atoms with Gasteiger partial charge in [-0.2, -0.15) is 0 Å². The van der Waals surface area contributed by atoms with Crippen LogP contribution in [-0.2, 0) is 22.7 Å². The predicted molar refractivity (Wildman–Crippen MR) is 137 cm³/mol. The summed E-state index contributed by atoms with van der Waals surface area (Å²) in [7, 11) is 2.22. The molecule has 0 bridgehead atoms. The zero-order valence-electron chi connectivity index (χ0n) is 21.3. The summed E-state index contributed by atoms with van der Waals surface area (Å²) in [4.78, 5) is 24.2. The van der Waals surface area contributed by atoms with Gasteiger partial charge in [-0.1, -0.05) is 35.4 Å². The lowest BCUT2D eigenvalue weighted by atomic mass is 9.97. The van der Waals surface area contributed by atoms with Crippen LogP contribution in [0.1, 0.15) is 27.8 Å². The van der Waals surface area contributed by atoms with E-state index in [0.717, 1.165) is 31.9 Å². The molecule has 2 saturated heterocycles. The van der Waals surface area contributed by atoms with Crippen LogP contribution in [0.4, 0.5) is 0 Å². The summed E-state index contributed by atoms with van der Waals surface area (Å²) in [6.07, 6.45) is 0.313. The maximum Gasteiger partial charge on any atom is 0.290 e. The molecule has 0 spiro atoms. The van der Waals surface area contributed by atoms with Gasteiger partial charge in [-0.25, -0.2) is 0 Å². The maximum atomic E-state index is 8.36. The summed E-state index contributed by atoms with van der Waals surface area (Å²) in [5.41, 5.74) is 7.09. The number of likely N-dealkylation sites (N-methyl/N-ethyl adjacent to an activating group) is 1. The van der Waals surface area contributed by atoms with Crippen molar-refractivity contribution in [1.29, 1.82) is 0 Å². The summed E-state index contributed by atoms with van der Waals surface area (Å²) in [5, 5.41) is 13.8. The van der Waals surface area contributed by atoms with Gasteiger partial charge in [-0.15, -0.1) is 0 Å². The molecule has 0 unspecified atom stereocenters. The number of hydrogen-bond donors (Lipinski definition) is 2. The van der Waals surface area contributed by atoms with Crippen LogP contribution < -0.4 is 4.74 Å². The van der Waals surface area contributed by atoms with Crippen molar-refractivity contribution in [2.24, 2.45) is 0 Å². The summed E-state index contributed by atoms with van der Waals surface area (Å²) in [5.74, 6) is 0.987. The first-order valence-electron chi connectivity index (χ1n) is 11.9. The number of carboxylic acid groups (broad SMARTS) is 2. The quantitative estimate of drug-likeness (QED) is 0.603. The van der Waals surface area contributed by atoms with Gasteiger partial charge in [-0.05, 0) is 56.6 Å². The lowest BCUT2D eigenvalue weighted by molar-refractivity contribution is -0.123. The fourth-order valence-corrected chi connectivity index (χ4v) is 4.37. The van der Waals surface area contributed by atoms with Crippen LogP contribution >= 0.6 is 0 Å². The van der Waals surface area contributed by atoms with Crippen LogP contribution in [0.2, 0.25) is 0 Å². The van der Waals surface area contributed by atoms with Crippen molar-refractivity contribution in [1.82, 2.24) is 14.7 Å². The van der Waals surface area contributed by atoms with E-state index in [2.05, 4.69) is 78.9 Å². The van der Waals surface area contributed by atoms with Gasteiger partial charge in [0.05, 0.1) is 0 Å². The van der Waals surface area contributed by atoms with Crippen molar-refractivity contribution < 1.29 is 24.5 Å². The Morgan fingerprint density at radius 2 is 1.31 bits per heavy atom. The molecule has 192 valence electrons. The van der Waals surface area contributed by atoms with E-state index in [0.29, 0.717) is 6.10 Å². The minimum Gasteiger partial charge on any atom is -0.488 e. The zero-order valence-corrected chi connectivity index (χ0v) is 21.3. The van der Waals surface area contributed by atoms with Crippen LogP contribution in [0.5, 0.6) is 5.75 Å². The van der Waals surface area contributed by atoms with E-state index in [-0.39, 0.29) is 12.9 Å². The van der Waals surface area contributed by atoms with E-state index in [9.17, 15) is 0 Å². The Balaban J connectivity index is 0.000000655. The van der Waals surface area contributed by atoms with Crippen molar-refractivity contribution in [3.63, 3.8) is 0 Å². The average molecular weight is 486 g/mol. The molecule has 0 amide bonds. The van der Waals surface area contributed by atoms with Crippen LogP contribution in [0.15, 0.2) is 36.4 Å². The Morgan fingerprint density at radius 1 is 0.829 bits per heavy atom. The number of piperazine rings is 1. The van der Waals surface area contributed by atoms with Gasteiger partial charge in [-0.3, -0.25) is 19.4 Å². The maximum absolute atomic E-state index is 8.36. The fourth-order valence-electron chi connectivity index (χ4n) is 4.37. The Kier molecular flexibility index (Phi) is 11.7. The van der Waals surface area contributed by atoms with Crippen molar-refractivity contribution in [3.05, 3.63) is 64.2 Å². The molecule has 0 radical (unpaired) electrons. The van der Waals surface area contributed by atoms with E-state index < -0.39 is 0 Å². The molecule has 2 aliphatic heterocycles. The molecule has 2 aliphatic rings. The topological polar surface area (TPSA) is 93.5 Å². The first-order chi connectivity index (χ1) is 16.8. The standard InChI is InChI=1S/C25H35N3O.2CH2O2/c1-19-5-7-24(8-6-19)29-25-17-28(18-25)16-23-14-20(2)13-22(21(23)3)15-27-11-9-26(4)10-12-27;2*2-1-3/h5-8,13-14,25H,9-12,15-18H2,1-4H3;2*1H,(H,2,3). The normalized spacial score (nSPS) is 16.7. The van der Waals surface area contributed by atoms with Crippen LogP contribution in [0.3, 0.4) is 0 Å². The number of ether oxygens (including phenoxy) is 1. The molecular formula is C27H39N3O5. The minimum absolute atomic E-state index is 0.250. The first kappa shape index (κ1) is 28.3. The van der Waals surface area contributed by atoms with Crippen LogP contribution in [-0.4, -0.2) is 90.3 Å². The lowest BCUT2D eigenvalue weighted by Gasteiger charge is -2.39. The van der Waals surface area contributed by atoms with E-state index in [4.69, 9.17) is 24.5 Å². The number of hydrogen-bond acceptors (Lipinski definition) is 6. The highest BCUT2D eigenvalue weighted by Crippen LogP contribution is 2.24. The number of likely N-dealkylation sites (tertiary alicyclic amines) is 1. The Bertz CT molecular complexity index is 915. The molecule has 0 aliphatic carbocycles. The molecule has 2 fully saturated rings. The minimum atomic E-state index is -0.250. The van der Waals surface area contributed by atoms with Crippen molar-refractivity contribution in [2.75, 3.05) is 46.3 Å².